The molecule has 0 unspecified atom stereocenters. The van der Waals surface area contributed by atoms with Crippen molar-refractivity contribution in [3.8, 4) is 0 Å². The van der Waals surface area contributed by atoms with E-state index in [4.69, 9.17) is 16.7 Å². The van der Waals surface area contributed by atoms with Crippen LogP contribution in [-0.4, -0.2) is 16.0 Å². The Morgan fingerprint density at radius 1 is 1.15 bits per heavy atom. The van der Waals surface area contributed by atoms with Gasteiger partial charge in [-0.1, -0.05) is 41.9 Å². The number of benzene rings is 2. The summed E-state index contributed by atoms with van der Waals surface area (Å²) in [6, 6.07) is 13.6. The quantitative estimate of drug-likeness (QED) is 0.938. The van der Waals surface area contributed by atoms with Crippen LogP contribution < -0.4 is 0 Å². The van der Waals surface area contributed by atoms with Gasteiger partial charge in [0.1, 0.15) is 0 Å². The smallest absolute Gasteiger partial charge is 0.337 e. The highest BCUT2D eigenvalue weighted by Gasteiger charge is 2.19. The number of carboxylic acid groups (broad SMARTS) is 1. The third-order valence-electron chi connectivity index (χ3n) is 3.57. The van der Waals surface area contributed by atoms with Crippen LogP contribution >= 0.6 is 11.6 Å². The molecule has 2 aromatic rings. The molecule has 3 nitrogen and oxygen atoms in total. The molecule has 0 atom stereocenters. The Bertz CT molecular complexity index is 644. The number of rotatable bonds is 3. The summed E-state index contributed by atoms with van der Waals surface area (Å²) < 4.78 is 0. The largest absolute Gasteiger partial charge is 0.478 e. The molecule has 20 heavy (non-hydrogen) atoms. The molecular formula is C16H14ClNO2. The van der Waals surface area contributed by atoms with Crippen LogP contribution in [0.4, 0.5) is 0 Å². The van der Waals surface area contributed by atoms with Gasteiger partial charge in [-0.3, -0.25) is 4.90 Å². The fourth-order valence-corrected chi connectivity index (χ4v) is 2.81. The van der Waals surface area contributed by atoms with E-state index in [0.29, 0.717) is 0 Å². The van der Waals surface area contributed by atoms with Crippen molar-refractivity contribution in [1.29, 1.82) is 0 Å². The summed E-state index contributed by atoms with van der Waals surface area (Å²) in [5, 5.41) is 9.38. The number of fused-ring (bicyclic) bond motifs is 1. The number of hydrogen-bond donors (Lipinski definition) is 1. The van der Waals surface area contributed by atoms with Crippen LogP contribution in [0.5, 0.6) is 0 Å². The summed E-state index contributed by atoms with van der Waals surface area (Å²) in [4.78, 5) is 13.4. The van der Waals surface area contributed by atoms with Gasteiger partial charge in [-0.15, -0.1) is 0 Å². The maximum Gasteiger partial charge on any atom is 0.337 e. The van der Waals surface area contributed by atoms with Gasteiger partial charge in [0, 0.05) is 19.6 Å². The first-order chi connectivity index (χ1) is 9.63. The summed E-state index contributed by atoms with van der Waals surface area (Å²) in [7, 11) is 0. The van der Waals surface area contributed by atoms with Crippen molar-refractivity contribution >= 4 is 17.6 Å². The predicted molar refractivity (Wildman–Crippen MR) is 77.8 cm³/mol. The normalized spacial score (nSPS) is 14.2. The van der Waals surface area contributed by atoms with Gasteiger partial charge in [0.25, 0.3) is 0 Å². The van der Waals surface area contributed by atoms with Gasteiger partial charge in [0.15, 0.2) is 0 Å². The molecule has 1 heterocycles. The van der Waals surface area contributed by atoms with E-state index in [0.717, 1.165) is 25.2 Å². The second-order valence-electron chi connectivity index (χ2n) is 5.03. The summed E-state index contributed by atoms with van der Waals surface area (Å²) in [5.41, 5.74) is 3.83. The highest BCUT2D eigenvalue weighted by molar-refractivity contribution is 6.33. The number of aromatic carboxylic acids is 1. The molecule has 0 bridgehead atoms. The molecule has 0 fully saturated rings. The van der Waals surface area contributed by atoms with Crippen molar-refractivity contribution in [2.45, 2.75) is 19.6 Å². The Morgan fingerprint density at radius 3 is 2.40 bits per heavy atom. The molecule has 0 aromatic heterocycles. The van der Waals surface area contributed by atoms with E-state index in [-0.39, 0.29) is 10.6 Å². The minimum Gasteiger partial charge on any atom is -0.478 e. The molecule has 2 aromatic carbocycles. The number of nitrogens with zero attached hydrogens (tertiary/aromatic N) is 1. The van der Waals surface area contributed by atoms with Crippen LogP contribution in [0.3, 0.4) is 0 Å². The Morgan fingerprint density at radius 2 is 1.80 bits per heavy atom. The van der Waals surface area contributed by atoms with Gasteiger partial charge in [0.2, 0.25) is 0 Å². The van der Waals surface area contributed by atoms with E-state index < -0.39 is 5.97 Å². The summed E-state index contributed by atoms with van der Waals surface area (Å²) >= 11 is 5.89. The molecule has 1 aliphatic heterocycles. The summed E-state index contributed by atoms with van der Waals surface area (Å²) in [6.45, 7) is 2.54. The molecular weight excluding hydrogens is 274 g/mol. The molecule has 0 aliphatic carbocycles. The highest BCUT2D eigenvalue weighted by Crippen LogP contribution is 2.25. The van der Waals surface area contributed by atoms with Gasteiger partial charge in [-0.25, -0.2) is 4.79 Å². The second-order valence-corrected chi connectivity index (χ2v) is 5.44. The number of hydrogen-bond acceptors (Lipinski definition) is 2. The molecule has 0 saturated heterocycles. The first kappa shape index (κ1) is 13.2. The average Bonchev–Trinajstić information content (AvgIpc) is 2.82. The van der Waals surface area contributed by atoms with E-state index in [9.17, 15) is 4.79 Å². The van der Waals surface area contributed by atoms with Crippen LogP contribution in [0.1, 0.15) is 27.0 Å². The van der Waals surface area contributed by atoms with E-state index >= 15 is 0 Å². The number of carbonyl (C=O) groups is 1. The van der Waals surface area contributed by atoms with Crippen LogP contribution in [0.2, 0.25) is 5.02 Å². The first-order valence-corrected chi connectivity index (χ1v) is 6.82. The molecule has 0 saturated carbocycles. The van der Waals surface area contributed by atoms with E-state index in [1.165, 1.54) is 11.1 Å². The van der Waals surface area contributed by atoms with Gasteiger partial charge >= 0.3 is 5.97 Å². The fraction of sp³-hybridized carbons (Fsp3) is 0.188. The zero-order chi connectivity index (χ0) is 14.1. The third-order valence-corrected chi connectivity index (χ3v) is 3.90. The zero-order valence-electron chi connectivity index (χ0n) is 10.8. The lowest BCUT2D eigenvalue weighted by Gasteiger charge is -2.15. The lowest BCUT2D eigenvalue weighted by Crippen LogP contribution is -2.16. The van der Waals surface area contributed by atoms with Crippen molar-refractivity contribution in [1.82, 2.24) is 4.90 Å². The van der Waals surface area contributed by atoms with E-state index in [1.807, 2.05) is 18.2 Å². The first-order valence-electron chi connectivity index (χ1n) is 6.44. The molecule has 4 heteroatoms. The van der Waals surface area contributed by atoms with Gasteiger partial charge in [-0.2, -0.15) is 0 Å². The van der Waals surface area contributed by atoms with Crippen molar-refractivity contribution < 1.29 is 9.90 Å². The Labute approximate surface area is 122 Å². The number of halogens is 1. The van der Waals surface area contributed by atoms with Gasteiger partial charge in [0.05, 0.1) is 10.6 Å². The van der Waals surface area contributed by atoms with Gasteiger partial charge in [-0.05, 0) is 28.8 Å². The maximum atomic E-state index is 11.1. The Kier molecular flexibility index (Phi) is 3.47. The molecule has 3 rings (SSSR count). The lowest BCUT2D eigenvalue weighted by molar-refractivity contribution is 0.0697. The SMILES string of the molecule is O=C(O)c1cc(CN2Cc3ccccc3C2)ccc1Cl. The summed E-state index contributed by atoms with van der Waals surface area (Å²) in [6.07, 6.45) is 0. The van der Waals surface area contributed by atoms with Crippen molar-refractivity contribution in [2.24, 2.45) is 0 Å². The topological polar surface area (TPSA) is 40.5 Å². The van der Waals surface area contributed by atoms with E-state index in [1.54, 1.807) is 12.1 Å². The van der Waals surface area contributed by atoms with Crippen LogP contribution in [0.25, 0.3) is 0 Å². The second kappa shape index (κ2) is 5.27. The zero-order valence-corrected chi connectivity index (χ0v) is 11.6. The molecule has 0 amide bonds. The van der Waals surface area contributed by atoms with Crippen LogP contribution in [0, 0.1) is 0 Å². The minimum atomic E-state index is -0.985. The average molecular weight is 288 g/mol. The molecule has 1 aliphatic rings. The Hall–Kier alpha value is -1.84. The summed E-state index contributed by atoms with van der Waals surface area (Å²) in [5.74, 6) is -0.985. The van der Waals surface area contributed by atoms with Crippen LogP contribution in [0.15, 0.2) is 42.5 Å². The Balaban J connectivity index is 1.77. The third kappa shape index (κ3) is 2.55. The maximum absolute atomic E-state index is 11.1. The lowest BCUT2D eigenvalue weighted by atomic mass is 10.1. The van der Waals surface area contributed by atoms with Crippen molar-refractivity contribution in [3.05, 3.63) is 69.7 Å². The predicted octanol–water partition coefficient (Wildman–Crippen LogP) is 3.55. The monoisotopic (exact) mass is 287 g/mol. The van der Waals surface area contributed by atoms with E-state index in [2.05, 4.69) is 17.0 Å². The van der Waals surface area contributed by atoms with Crippen LogP contribution in [-0.2, 0) is 19.6 Å². The standard InChI is InChI=1S/C16H14ClNO2/c17-15-6-5-11(7-14(15)16(19)20)8-18-9-12-3-1-2-4-13(12)10-18/h1-7H,8-10H2,(H,19,20). The van der Waals surface area contributed by atoms with Crippen molar-refractivity contribution in [3.63, 3.8) is 0 Å². The van der Waals surface area contributed by atoms with Crippen molar-refractivity contribution in [2.75, 3.05) is 0 Å². The highest BCUT2D eigenvalue weighted by atomic mass is 35.5. The molecule has 0 radical (unpaired) electrons. The molecule has 102 valence electrons. The molecule has 1 N–H and O–H groups in total. The molecule has 0 spiro atoms. The fourth-order valence-electron chi connectivity index (χ4n) is 2.61. The van der Waals surface area contributed by atoms with Gasteiger partial charge < -0.3 is 5.11 Å². The minimum absolute atomic E-state index is 0.167. The number of carboxylic acids is 1.